The summed E-state index contributed by atoms with van der Waals surface area (Å²) in [6.45, 7) is 6.64. The first-order valence-corrected chi connectivity index (χ1v) is 6.22. The van der Waals surface area contributed by atoms with Gasteiger partial charge in [0.2, 0.25) is 0 Å². The monoisotopic (exact) mass is 292 g/mol. The van der Waals surface area contributed by atoms with E-state index in [9.17, 15) is 19.7 Å². The molecule has 0 saturated heterocycles. The van der Waals surface area contributed by atoms with Gasteiger partial charge in [0.05, 0.1) is 4.92 Å². The van der Waals surface area contributed by atoms with Crippen LogP contribution in [0.25, 0.3) is 0 Å². The van der Waals surface area contributed by atoms with Crippen molar-refractivity contribution < 1.29 is 19.2 Å². The highest BCUT2D eigenvalue weighted by Gasteiger charge is 2.26. The third-order valence-electron chi connectivity index (χ3n) is 2.73. The van der Waals surface area contributed by atoms with E-state index in [2.05, 4.69) is 11.9 Å². The van der Waals surface area contributed by atoms with Crippen LogP contribution in [0, 0.1) is 17.0 Å². The lowest BCUT2D eigenvalue weighted by Gasteiger charge is -2.13. The molecule has 0 saturated carbocycles. The molecule has 0 aliphatic heterocycles. The zero-order valence-electron chi connectivity index (χ0n) is 11.8. The van der Waals surface area contributed by atoms with E-state index >= 15 is 0 Å². The van der Waals surface area contributed by atoms with Crippen molar-refractivity contribution >= 4 is 17.6 Å². The summed E-state index contributed by atoms with van der Waals surface area (Å²) in [5.41, 5.74) is -0.0857. The number of hydrogen-bond donors (Lipinski definition) is 1. The third-order valence-corrected chi connectivity index (χ3v) is 2.73. The van der Waals surface area contributed by atoms with Crippen LogP contribution in [-0.4, -0.2) is 29.4 Å². The van der Waals surface area contributed by atoms with Gasteiger partial charge < -0.3 is 10.1 Å². The molecule has 0 aromatic heterocycles. The van der Waals surface area contributed by atoms with Gasteiger partial charge in [-0.2, -0.15) is 0 Å². The predicted octanol–water partition coefficient (Wildman–Crippen LogP) is 1.75. The number of nitro groups is 1. The van der Waals surface area contributed by atoms with Crippen LogP contribution in [0.5, 0.6) is 0 Å². The Morgan fingerprint density at radius 3 is 2.76 bits per heavy atom. The SMILES string of the molecule is C=CCNC(=O)[C@H](C)OC(=O)c1c(C)cccc1[N+](=O)[O-]. The van der Waals surface area contributed by atoms with Gasteiger partial charge >= 0.3 is 5.97 Å². The fraction of sp³-hybridized carbons (Fsp3) is 0.286. The summed E-state index contributed by atoms with van der Waals surface area (Å²) in [4.78, 5) is 33.9. The molecule has 1 aromatic rings. The lowest BCUT2D eigenvalue weighted by molar-refractivity contribution is -0.385. The molecule has 7 heteroatoms. The van der Waals surface area contributed by atoms with Crippen LogP contribution in [0.4, 0.5) is 5.69 Å². The van der Waals surface area contributed by atoms with Crippen molar-refractivity contribution in [2.45, 2.75) is 20.0 Å². The first-order chi connectivity index (χ1) is 9.88. The second-order valence-electron chi connectivity index (χ2n) is 4.31. The molecule has 112 valence electrons. The Labute approximate surface area is 121 Å². The molecule has 0 unspecified atom stereocenters. The number of carbonyl (C=O) groups is 2. The minimum atomic E-state index is -1.06. The van der Waals surface area contributed by atoms with Crippen LogP contribution in [-0.2, 0) is 9.53 Å². The molecule has 1 aromatic carbocycles. The van der Waals surface area contributed by atoms with Crippen LogP contribution in [0.2, 0.25) is 0 Å². The Bertz CT molecular complexity index is 583. The summed E-state index contributed by atoms with van der Waals surface area (Å²) in [5.74, 6) is -1.40. The van der Waals surface area contributed by atoms with Gasteiger partial charge in [0.1, 0.15) is 5.56 Å². The van der Waals surface area contributed by atoms with Gasteiger partial charge in [0, 0.05) is 12.6 Å². The summed E-state index contributed by atoms with van der Waals surface area (Å²) in [6.07, 6.45) is 0.426. The Kier molecular flexibility index (Phi) is 5.59. The van der Waals surface area contributed by atoms with E-state index in [1.54, 1.807) is 13.0 Å². The predicted molar refractivity (Wildman–Crippen MR) is 75.9 cm³/mol. The standard InChI is InChI=1S/C14H16N2O5/c1-4-8-15-13(17)10(3)21-14(18)12-9(2)6-5-7-11(12)16(19)20/h4-7,10H,1,8H2,2-3H3,(H,15,17)/t10-/m0/s1. The van der Waals surface area contributed by atoms with Crippen molar-refractivity contribution in [2.75, 3.05) is 6.54 Å². The summed E-state index contributed by atoms with van der Waals surface area (Å²) < 4.78 is 4.98. The van der Waals surface area contributed by atoms with Crippen LogP contribution < -0.4 is 5.32 Å². The molecule has 1 N–H and O–H groups in total. The van der Waals surface area contributed by atoms with Gasteiger partial charge in [0.15, 0.2) is 6.10 Å². The van der Waals surface area contributed by atoms with E-state index in [-0.39, 0.29) is 17.8 Å². The number of nitrogens with zero attached hydrogens (tertiary/aromatic N) is 1. The molecule has 7 nitrogen and oxygen atoms in total. The molecule has 0 fully saturated rings. The van der Waals surface area contributed by atoms with Crippen LogP contribution in [0.15, 0.2) is 30.9 Å². The number of carbonyl (C=O) groups excluding carboxylic acids is 2. The molecule has 21 heavy (non-hydrogen) atoms. The van der Waals surface area contributed by atoms with Crippen molar-refractivity contribution in [3.63, 3.8) is 0 Å². The maximum absolute atomic E-state index is 12.1. The van der Waals surface area contributed by atoms with E-state index in [1.807, 2.05) is 0 Å². The number of hydrogen-bond acceptors (Lipinski definition) is 5. The van der Waals surface area contributed by atoms with Gasteiger partial charge in [-0.1, -0.05) is 18.2 Å². The molecule has 1 atom stereocenters. The molecule has 0 radical (unpaired) electrons. The van der Waals surface area contributed by atoms with Crippen molar-refractivity contribution in [3.8, 4) is 0 Å². The lowest BCUT2D eigenvalue weighted by atomic mass is 10.1. The molecule has 0 aliphatic carbocycles. The highest BCUT2D eigenvalue weighted by molar-refractivity contribution is 5.97. The number of nitro benzene ring substituents is 1. The van der Waals surface area contributed by atoms with Gasteiger partial charge in [-0.25, -0.2) is 4.79 Å². The fourth-order valence-corrected chi connectivity index (χ4v) is 1.66. The van der Waals surface area contributed by atoms with E-state index in [1.165, 1.54) is 25.1 Å². The Morgan fingerprint density at radius 1 is 1.52 bits per heavy atom. The van der Waals surface area contributed by atoms with Gasteiger partial charge in [-0.05, 0) is 19.4 Å². The van der Waals surface area contributed by atoms with E-state index in [0.717, 1.165) is 0 Å². The fourth-order valence-electron chi connectivity index (χ4n) is 1.66. The molecule has 0 heterocycles. The molecule has 1 rings (SSSR count). The number of aryl methyl sites for hydroxylation is 1. The topological polar surface area (TPSA) is 98.5 Å². The summed E-state index contributed by atoms with van der Waals surface area (Å²) in [7, 11) is 0. The number of rotatable bonds is 6. The zero-order chi connectivity index (χ0) is 16.0. The lowest BCUT2D eigenvalue weighted by Crippen LogP contribution is -2.36. The highest BCUT2D eigenvalue weighted by Crippen LogP contribution is 2.23. The second kappa shape index (κ2) is 7.18. The molecular formula is C14H16N2O5. The minimum Gasteiger partial charge on any atom is -0.449 e. The van der Waals surface area contributed by atoms with Crippen molar-refractivity contribution in [3.05, 3.63) is 52.1 Å². The molecule has 1 amide bonds. The number of esters is 1. The normalized spacial score (nSPS) is 11.3. The molecular weight excluding hydrogens is 276 g/mol. The number of benzene rings is 1. The van der Waals surface area contributed by atoms with Gasteiger partial charge in [0.25, 0.3) is 11.6 Å². The van der Waals surface area contributed by atoms with Crippen molar-refractivity contribution in [1.29, 1.82) is 0 Å². The van der Waals surface area contributed by atoms with Crippen LogP contribution >= 0.6 is 0 Å². The summed E-state index contributed by atoms with van der Waals surface area (Å²) >= 11 is 0. The van der Waals surface area contributed by atoms with E-state index in [0.29, 0.717) is 5.56 Å². The van der Waals surface area contributed by atoms with Crippen molar-refractivity contribution in [1.82, 2.24) is 5.32 Å². The average molecular weight is 292 g/mol. The molecule has 0 bridgehead atoms. The molecule has 0 spiro atoms. The Balaban J connectivity index is 2.92. The largest absolute Gasteiger partial charge is 0.449 e. The Morgan fingerprint density at radius 2 is 2.19 bits per heavy atom. The average Bonchev–Trinajstić information content (AvgIpc) is 2.43. The minimum absolute atomic E-state index is 0.147. The second-order valence-corrected chi connectivity index (χ2v) is 4.31. The van der Waals surface area contributed by atoms with Crippen LogP contribution in [0.3, 0.4) is 0 Å². The number of amides is 1. The summed E-state index contributed by atoms with van der Waals surface area (Å²) in [6, 6.07) is 4.25. The smallest absolute Gasteiger partial charge is 0.346 e. The quantitative estimate of drug-likeness (QED) is 0.373. The van der Waals surface area contributed by atoms with E-state index in [4.69, 9.17) is 4.74 Å². The maximum atomic E-state index is 12.1. The number of ether oxygens (including phenoxy) is 1. The molecule has 0 aliphatic rings. The first-order valence-electron chi connectivity index (χ1n) is 6.22. The summed E-state index contributed by atoms with van der Waals surface area (Å²) in [5, 5.41) is 13.4. The third kappa shape index (κ3) is 4.13. The first kappa shape index (κ1) is 16.4. The van der Waals surface area contributed by atoms with Gasteiger partial charge in [-0.3, -0.25) is 14.9 Å². The van der Waals surface area contributed by atoms with Crippen LogP contribution in [0.1, 0.15) is 22.8 Å². The van der Waals surface area contributed by atoms with Crippen molar-refractivity contribution in [2.24, 2.45) is 0 Å². The number of nitrogens with one attached hydrogen (secondary N) is 1. The Hall–Kier alpha value is -2.70. The zero-order valence-corrected chi connectivity index (χ0v) is 11.8. The highest BCUT2D eigenvalue weighted by atomic mass is 16.6. The van der Waals surface area contributed by atoms with Gasteiger partial charge in [-0.15, -0.1) is 6.58 Å². The maximum Gasteiger partial charge on any atom is 0.346 e. The van der Waals surface area contributed by atoms with E-state index < -0.39 is 22.9 Å².